The first kappa shape index (κ1) is 10.9. The quantitative estimate of drug-likeness (QED) is 0.562. The lowest BCUT2D eigenvalue weighted by molar-refractivity contribution is 0.168. The summed E-state index contributed by atoms with van der Waals surface area (Å²) in [4.78, 5) is 2.22. The van der Waals surface area contributed by atoms with E-state index in [1.54, 1.807) is 0 Å². The molecule has 0 bridgehead atoms. The molecule has 1 unspecified atom stereocenters. The van der Waals surface area contributed by atoms with Gasteiger partial charge >= 0.3 is 0 Å². The third kappa shape index (κ3) is 4.35. The molecule has 0 saturated carbocycles. The van der Waals surface area contributed by atoms with Gasteiger partial charge in [-0.3, -0.25) is 0 Å². The molecule has 1 aliphatic heterocycles. The Morgan fingerprint density at radius 1 is 1.55 bits per heavy atom. The van der Waals surface area contributed by atoms with Crippen LogP contribution in [0.3, 0.4) is 0 Å². The maximum absolute atomic E-state index is 8.72. The summed E-state index contributed by atoms with van der Waals surface area (Å²) in [5.41, 5.74) is 0. The Kier molecular flexibility index (Phi) is 6.51. The summed E-state index contributed by atoms with van der Waals surface area (Å²) in [5.74, 6) is 0. The second-order valence-corrected chi connectivity index (χ2v) is 2.60. The van der Waals surface area contributed by atoms with Gasteiger partial charge < -0.3 is 15.3 Å². The predicted octanol–water partition coefficient (Wildman–Crippen LogP) is -0.0915. The molecular formula is C8H20N2O. The van der Waals surface area contributed by atoms with Crippen LogP contribution in [0.25, 0.3) is 0 Å². The molecule has 3 nitrogen and oxygen atoms in total. The number of piperazine rings is 1. The van der Waals surface area contributed by atoms with E-state index in [9.17, 15) is 0 Å². The Morgan fingerprint density at radius 3 is 2.55 bits per heavy atom. The van der Waals surface area contributed by atoms with Crippen molar-refractivity contribution in [3.8, 4) is 0 Å². The predicted molar refractivity (Wildman–Crippen MR) is 47.7 cm³/mol. The fourth-order valence-electron chi connectivity index (χ4n) is 1.11. The summed E-state index contributed by atoms with van der Waals surface area (Å²) in [6.07, 6.45) is 0. The van der Waals surface area contributed by atoms with Gasteiger partial charge in [0, 0.05) is 25.7 Å². The van der Waals surface area contributed by atoms with Gasteiger partial charge in [0.1, 0.15) is 0 Å². The van der Waals surface area contributed by atoms with Crippen molar-refractivity contribution in [1.82, 2.24) is 10.2 Å². The molecule has 68 valence electrons. The lowest BCUT2D eigenvalue weighted by Gasteiger charge is -2.29. The number of hydrogen-bond acceptors (Lipinski definition) is 3. The van der Waals surface area contributed by atoms with Crippen LogP contribution in [0.4, 0.5) is 0 Å². The Balaban J connectivity index is 0.000000461. The summed E-state index contributed by atoms with van der Waals surface area (Å²) in [6, 6.07) is 0.295. The molecule has 1 heterocycles. The zero-order chi connectivity index (χ0) is 8.69. The third-order valence-electron chi connectivity index (χ3n) is 1.68. The zero-order valence-corrected chi connectivity index (χ0v) is 7.80. The van der Waals surface area contributed by atoms with E-state index in [-0.39, 0.29) is 6.61 Å². The molecule has 0 spiro atoms. The number of nitrogens with one attached hydrogen (secondary N) is 1. The first-order valence-electron chi connectivity index (χ1n) is 4.35. The molecule has 0 aromatic carbocycles. The topological polar surface area (TPSA) is 35.5 Å². The van der Waals surface area contributed by atoms with Crippen molar-refractivity contribution in [3.05, 3.63) is 0 Å². The van der Waals surface area contributed by atoms with Crippen molar-refractivity contribution in [1.29, 1.82) is 0 Å². The molecule has 0 aromatic rings. The second-order valence-electron chi connectivity index (χ2n) is 2.60. The van der Waals surface area contributed by atoms with Crippen LogP contribution in [-0.4, -0.2) is 49.3 Å². The highest BCUT2D eigenvalue weighted by atomic mass is 16.3. The highest BCUT2D eigenvalue weighted by molar-refractivity contribution is 4.75. The third-order valence-corrected chi connectivity index (χ3v) is 1.68. The van der Waals surface area contributed by atoms with Crippen LogP contribution < -0.4 is 5.32 Å². The molecule has 1 atom stereocenters. The Hall–Kier alpha value is -0.120. The molecular weight excluding hydrogens is 140 g/mol. The Morgan fingerprint density at radius 2 is 2.18 bits per heavy atom. The number of likely N-dealkylation sites (N-methyl/N-ethyl adjacent to an activating group) is 1. The van der Waals surface area contributed by atoms with Crippen molar-refractivity contribution in [2.24, 2.45) is 0 Å². The summed E-state index contributed by atoms with van der Waals surface area (Å²) < 4.78 is 0. The molecule has 1 fully saturated rings. The highest BCUT2D eigenvalue weighted by Crippen LogP contribution is 1.93. The van der Waals surface area contributed by atoms with Gasteiger partial charge in [-0.05, 0) is 7.05 Å². The molecule has 1 rings (SSSR count). The zero-order valence-electron chi connectivity index (χ0n) is 7.80. The molecule has 1 saturated heterocycles. The molecule has 11 heavy (non-hydrogen) atoms. The largest absolute Gasteiger partial charge is 0.395 e. The van der Waals surface area contributed by atoms with Crippen molar-refractivity contribution in [3.63, 3.8) is 0 Å². The van der Waals surface area contributed by atoms with Gasteiger partial charge in [0.15, 0.2) is 0 Å². The standard InChI is InChI=1S/C6H14N2O.C2H6/c1-8-3-2-7-6(4-8)5-9;1-2/h6-7,9H,2-5H2,1H3;1-2H3. The molecule has 3 heteroatoms. The lowest BCUT2D eigenvalue weighted by atomic mass is 10.2. The van der Waals surface area contributed by atoms with E-state index < -0.39 is 0 Å². The van der Waals surface area contributed by atoms with Crippen LogP contribution in [0.15, 0.2) is 0 Å². The number of aliphatic hydroxyl groups is 1. The smallest absolute Gasteiger partial charge is 0.0597 e. The van der Waals surface area contributed by atoms with Gasteiger partial charge in [-0.1, -0.05) is 13.8 Å². The van der Waals surface area contributed by atoms with Gasteiger partial charge in [-0.25, -0.2) is 0 Å². The minimum Gasteiger partial charge on any atom is -0.395 e. The fourth-order valence-corrected chi connectivity index (χ4v) is 1.11. The van der Waals surface area contributed by atoms with Crippen LogP contribution >= 0.6 is 0 Å². The summed E-state index contributed by atoms with van der Waals surface area (Å²) in [6.45, 7) is 7.32. The fraction of sp³-hybridized carbons (Fsp3) is 1.00. The van der Waals surface area contributed by atoms with Crippen molar-refractivity contribution < 1.29 is 5.11 Å². The number of nitrogens with zero attached hydrogens (tertiary/aromatic N) is 1. The maximum atomic E-state index is 8.72. The van der Waals surface area contributed by atoms with Crippen LogP contribution in [0.2, 0.25) is 0 Å². The molecule has 0 radical (unpaired) electrons. The van der Waals surface area contributed by atoms with E-state index in [0.29, 0.717) is 6.04 Å². The first-order chi connectivity index (χ1) is 5.33. The minimum atomic E-state index is 0.254. The number of rotatable bonds is 1. The van der Waals surface area contributed by atoms with Crippen molar-refractivity contribution in [2.75, 3.05) is 33.3 Å². The van der Waals surface area contributed by atoms with E-state index in [1.165, 1.54) is 0 Å². The van der Waals surface area contributed by atoms with Crippen LogP contribution in [0.1, 0.15) is 13.8 Å². The molecule has 0 aromatic heterocycles. The van der Waals surface area contributed by atoms with Gasteiger partial charge in [0.05, 0.1) is 6.61 Å². The summed E-state index contributed by atoms with van der Waals surface area (Å²) >= 11 is 0. The molecule has 2 N–H and O–H groups in total. The van der Waals surface area contributed by atoms with E-state index in [4.69, 9.17) is 5.11 Å². The van der Waals surface area contributed by atoms with E-state index in [0.717, 1.165) is 19.6 Å². The number of hydrogen-bond donors (Lipinski definition) is 2. The first-order valence-corrected chi connectivity index (χ1v) is 4.35. The summed E-state index contributed by atoms with van der Waals surface area (Å²) in [7, 11) is 2.07. The van der Waals surface area contributed by atoms with E-state index in [1.807, 2.05) is 13.8 Å². The molecule has 0 amide bonds. The molecule has 0 aliphatic carbocycles. The Labute approximate surface area is 69.4 Å². The van der Waals surface area contributed by atoms with Gasteiger partial charge in [-0.15, -0.1) is 0 Å². The number of aliphatic hydroxyl groups excluding tert-OH is 1. The van der Waals surface area contributed by atoms with Crippen LogP contribution in [-0.2, 0) is 0 Å². The lowest BCUT2D eigenvalue weighted by Crippen LogP contribution is -2.50. The van der Waals surface area contributed by atoms with Gasteiger partial charge in [-0.2, -0.15) is 0 Å². The second kappa shape index (κ2) is 6.58. The minimum absolute atomic E-state index is 0.254. The Bertz CT molecular complexity index is 88.2. The van der Waals surface area contributed by atoms with Gasteiger partial charge in [0.25, 0.3) is 0 Å². The van der Waals surface area contributed by atoms with Gasteiger partial charge in [0.2, 0.25) is 0 Å². The van der Waals surface area contributed by atoms with Crippen LogP contribution in [0, 0.1) is 0 Å². The molecule has 1 aliphatic rings. The average Bonchev–Trinajstić information content (AvgIpc) is 2.08. The SMILES string of the molecule is CC.CN1CCNC(CO)C1. The maximum Gasteiger partial charge on any atom is 0.0597 e. The normalized spacial score (nSPS) is 25.6. The van der Waals surface area contributed by atoms with E-state index in [2.05, 4.69) is 17.3 Å². The average molecular weight is 160 g/mol. The van der Waals surface area contributed by atoms with Crippen molar-refractivity contribution in [2.45, 2.75) is 19.9 Å². The highest BCUT2D eigenvalue weighted by Gasteiger charge is 2.13. The monoisotopic (exact) mass is 160 g/mol. The van der Waals surface area contributed by atoms with E-state index >= 15 is 0 Å². The summed E-state index contributed by atoms with van der Waals surface area (Å²) in [5, 5.41) is 11.9. The van der Waals surface area contributed by atoms with Crippen molar-refractivity contribution >= 4 is 0 Å². The van der Waals surface area contributed by atoms with Crippen LogP contribution in [0.5, 0.6) is 0 Å².